The average molecular weight is 350 g/mol. The summed E-state index contributed by atoms with van der Waals surface area (Å²) in [6, 6.07) is 6.34. The van der Waals surface area contributed by atoms with Crippen LogP contribution in [0.15, 0.2) is 23.6 Å². The molecule has 3 aromatic rings. The number of carbonyl (C=O) groups is 1. The second-order valence-electron chi connectivity index (χ2n) is 4.75. The maximum absolute atomic E-state index is 11.9. The molecule has 0 atom stereocenters. The number of nitrogens with zero attached hydrogens (tertiary/aromatic N) is 1. The predicted octanol–water partition coefficient (Wildman–Crippen LogP) is 5.39. The van der Waals surface area contributed by atoms with Gasteiger partial charge >= 0.3 is 5.97 Å². The van der Waals surface area contributed by atoms with Crippen molar-refractivity contribution < 1.29 is 9.53 Å². The summed E-state index contributed by atoms with van der Waals surface area (Å²) in [5.41, 5.74) is 1.98. The molecule has 3 rings (SSSR count). The summed E-state index contributed by atoms with van der Waals surface area (Å²) in [7, 11) is 0. The predicted molar refractivity (Wildman–Crippen MR) is 94.2 cm³/mol. The minimum absolute atomic E-state index is 0.282. The van der Waals surface area contributed by atoms with Gasteiger partial charge < -0.3 is 4.74 Å². The third kappa shape index (κ3) is 2.86. The van der Waals surface area contributed by atoms with E-state index >= 15 is 0 Å². The molecule has 6 heteroatoms. The fourth-order valence-electron chi connectivity index (χ4n) is 2.13. The molecule has 3 heterocycles. The van der Waals surface area contributed by atoms with Gasteiger partial charge in [0.05, 0.1) is 17.2 Å². The quantitative estimate of drug-likeness (QED) is 0.593. The fourth-order valence-corrected chi connectivity index (χ4v) is 5.22. The second-order valence-corrected chi connectivity index (χ2v) is 7.75. The van der Waals surface area contributed by atoms with Crippen molar-refractivity contribution in [3.8, 4) is 19.6 Å². The number of carbonyl (C=O) groups excluding carboxylic acids is 1. The van der Waals surface area contributed by atoms with Crippen LogP contribution in [0.2, 0.25) is 0 Å². The molecule has 0 fully saturated rings. The van der Waals surface area contributed by atoms with Gasteiger partial charge in [-0.3, -0.25) is 0 Å². The van der Waals surface area contributed by atoms with Crippen LogP contribution in [0.1, 0.15) is 27.9 Å². The Morgan fingerprint density at radius 3 is 2.77 bits per heavy atom. The van der Waals surface area contributed by atoms with Gasteiger partial charge in [0.1, 0.15) is 9.88 Å². The summed E-state index contributed by atoms with van der Waals surface area (Å²) < 4.78 is 5.08. The van der Waals surface area contributed by atoms with Crippen molar-refractivity contribution in [2.24, 2.45) is 0 Å². The molecule has 0 N–H and O–H groups in total. The number of thiazole rings is 1. The van der Waals surface area contributed by atoms with Crippen LogP contribution in [0.5, 0.6) is 0 Å². The lowest BCUT2D eigenvalue weighted by molar-refractivity contribution is 0.0531. The van der Waals surface area contributed by atoms with Gasteiger partial charge in [-0.15, -0.1) is 34.0 Å². The van der Waals surface area contributed by atoms with Crippen molar-refractivity contribution >= 4 is 40.0 Å². The molecule has 22 heavy (non-hydrogen) atoms. The molecule has 0 spiro atoms. The maximum atomic E-state index is 11.9. The summed E-state index contributed by atoms with van der Waals surface area (Å²) in [5, 5.41) is 2.97. The lowest BCUT2D eigenvalue weighted by atomic mass is 10.2. The SMILES string of the molecule is CCOC(=O)c1sc(-c2cc(C)c(-c3cccs3)s2)nc1C. The molecule has 3 nitrogen and oxygen atoms in total. The molecule has 0 saturated carbocycles. The Bertz CT molecular complexity index is 800. The van der Waals surface area contributed by atoms with Gasteiger partial charge in [0, 0.05) is 9.75 Å². The topological polar surface area (TPSA) is 39.2 Å². The molecule has 0 aliphatic heterocycles. The first kappa shape index (κ1) is 15.4. The normalized spacial score (nSPS) is 10.9. The highest BCUT2D eigenvalue weighted by molar-refractivity contribution is 7.26. The van der Waals surface area contributed by atoms with E-state index in [1.165, 1.54) is 26.7 Å². The summed E-state index contributed by atoms with van der Waals surface area (Å²) in [5.74, 6) is -0.282. The monoisotopic (exact) mass is 349 g/mol. The van der Waals surface area contributed by atoms with E-state index < -0.39 is 0 Å². The van der Waals surface area contributed by atoms with Gasteiger partial charge in [-0.05, 0) is 43.8 Å². The van der Waals surface area contributed by atoms with Crippen LogP contribution < -0.4 is 0 Å². The zero-order chi connectivity index (χ0) is 15.7. The Labute approximate surface area is 141 Å². The highest BCUT2D eigenvalue weighted by Crippen LogP contribution is 2.41. The first-order chi connectivity index (χ1) is 10.6. The summed E-state index contributed by atoms with van der Waals surface area (Å²) in [6.07, 6.45) is 0. The molecule has 0 aliphatic rings. The zero-order valence-electron chi connectivity index (χ0n) is 12.5. The summed E-state index contributed by atoms with van der Waals surface area (Å²) in [6.45, 7) is 6.16. The number of hydrogen-bond acceptors (Lipinski definition) is 6. The Hall–Kier alpha value is -1.50. The highest BCUT2D eigenvalue weighted by Gasteiger charge is 2.19. The highest BCUT2D eigenvalue weighted by atomic mass is 32.1. The van der Waals surface area contributed by atoms with Crippen molar-refractivity contribution in [2.45, 2.75) is 20.8 Å². The second kappa shape index (κ2) is 6.32. The smallest absolute Gasteiger partial charge is 0.350 e. The number of ether oxygens (including phenoxy) is 1. The van der Waals surface area contributed by atoms with Gasteiger partial charge in [-0.2, -0.15) is 0 Å². The number of hydrogen-bond donors (Lipinski definition) is 0. The van der Waals surface area contributed by atoms with Gasteiger partial charge in [0.25, 0.3) is 0 Å². The van der Waals surface area contributed by atoms with Crippen molar-refractivity contribution in [1.82, 2.24) is 4.98 Å². The number of esters is 1. The van der Waals surface area contributed by atoms with Crippen LogP contribution in [0.4, 0.5) is 0 Å². The van der Waals surface area contributed by atoms with Crippen LogP contribution in [-0.4, -0.2) is 17.6 Å². The molecule has 114 valence electrons. The molecular formula is C16H15NO2S3. The Balaban J connectivity index is 1.97. The van der Waals surface area contributed by atoms with Crippen LogP contribution in [0.25, 0.3) is 19.6 Å². The molecule has 0 saturated heterocycles. The molecule has 0 bridgehead atoms. The number of aryl methyl sites for hydroxylation is 2. The molecule has 0 amide bonds. The van der Waals surface area contributed by atoms with E-state index in [1.54, 1.807) is 22.7 Å². The van der Waals surface area contributed by atoms with Gasteiger partial charge in [-0.1, -0.05) is 6.07 Å². The van der Waals surface area contributed by atoms with E-state index in [0.717, 1.165) is 15.6 Å². The fraction of sp³-hybridized carbons (Fsp3) is 0.250. The standard InChI is InChI=1S/C16H15NO2S3/c1-4-19-16(18)14-10(3)17-15(22-14)12-8-9(2)13(21-12)11-6-5-7-20-11/h5-8H,4H2,1-3H3. The molecule has 0 radical (unpaired) electrons. The van der Waals surface area contributed by atoms with Crippen LogP contribution in [0, 0.1) is 13.8 Å². The number of thiophene rings is 2. The first-order valence-corrected chi connectivity index (χ1v) is 9.40. The number of aromatic nitrogens is 1. The van der Waals surface area contributed by atoms with Crippen molar-refractivity contribution in [2.75, 3.05) is 6.61 Å². The van der Waals surface area contributed by atoms with Crippen LogP contribution >= 0.6 is 34.0 Å². The van der Waals surface area contributed by atoms with Crippen LogP contribution in [-0.2, 0) is 4.74 Å². The van der Waals surface area contributed by atoms with Crippen LogP contribution in [0.3, 0.4) is 0 Å². The summed E-state index contributed by atoms with van der Waals surface area (Å²) >= 11 is 4.87. The van der Waals surface area contributed by atoms with Crippen molar-refractivity contribution in [3.63, 3.8) is 0 Å². The Morgan fingerprint density at radius 2 is 2.09 bits per heavy atom. The van der Waals surface area contributed by atoms with Gasteiger partial charge in [0.15, 0.2) is 0 Å². The van der Waals surface area contributed by atoms with E-state index in [4.69, 9.17) is 4.74 Å². The number of rotatable bonds is 4. The third-order valence-electron chi connectivity index (χ3n) is 3.13. The van der Waals surface area contributed by atoms with E-state index in [0.29, 0.717) is 11.5 Å². The van der Waals surface area contributed by atoms with E-state index in [9.17, 15) is 4.79 Å². The molecular weight excluding hydrogens is 334 g/mol. The summed E-state index contributed by atoms with van der Waals surface area (Å²) in [4.78, 5) is 20.7. The molecule has 0 aromatic carbocycles. The Kier molecular flexibility index (Phi) is 4.42. The largest absolute Gasteiger partial charge is 0.462 e. The van der Waals surface area contributed by atoms with Crippen molar-refractivity contribution in [3.05, 3.63) is 39.7 Å². The maximum Gasteiger partial charge on any atom is 0.350 e. The lowest BCUT2D eigenvalue weighted by Crippen LogP contribution is -2.03. The zero-order valence-corrected chi connectivity index (χ0v) is 15.0. The molecule has 0 aliphatic carbocycles. The lowest BCUT2D eigenvalue weighted by Gasteiger charge is -1.97. The minimum Gasteiger partial charge on any atom is -0.462 e. The van der Waals surface area contributed by atoms with E-state index in [1.807, 2.05) is 13.8 Å². The Morgan fingerprint density at radius 1 is 1.27 bits per heavy atom. The molecule has 3 aromatic heterocycles. The third-order valence-corrected chi connectivity index (χ3v) is 6.72. The van der Waals surface area contributed by atoms with Gasteiger partial charge in [0.2, 0.25) is 0 Å². The van der Waals surface area contributed by atoms with E-state index in [-0.39, 0.29) is 5.97 Å². The average Bonchev–Trinajstić information content (AvgIpc) is 3.17. The first-order valence-electron chi connectivity index (χ1n) is 6.89. The molecule has 0 unspecified atom stereocenters. The minimum atomic E-state index is -0.282. The van der Waals surface area contributed by atoms with Gasteiger partial charge in [-0.25, -0.2) is 9.78 Å². The van der Waals surface area contributed by atoms with E-state index in [2.05, 4.69) is 35.5 Å². The van der Waals surface area contributed by atoms with Crippen molar-refractivity contribution in [1.29, 1.82) is 0 Å².